The van der Waals surface area contributed by atoms with Crippen molar-refractivity contribution in [3.63, 3.8) is 0 Å². The first-order valence-corrected chi connectivity index (χ1v) is 9.96. The first-order chi connectivity index (χ1) is 12.7. The summed E-state index contributed by atoms with van der Waals surface area (Å²) in [7, 11) is -2.43. The smallest absolute Gasteiger partial charge is 0.259 e. The predicted molar refractivity (Wildman–Crippen MR) is 102 cm³/mol. The maximum atomic E-state index is 12.7. The number of methoxy groups -OCH3 is 1. The van der Waals surface area contributed by atoms with E-state index in [1.165, 1.54) is 25.3 Å². The molecule has 0 spiro atoms. The molecule has 1 fully saturated rings. The molecule has 9 heteroatoms. The molecule has 3 rings (SSSR count). The maximum absolute atomic E-state index is 12.7. The Hall–Kier alpha value is -2.13. The normalized spacial score (nSPS) is 15.7. The second-order valence-electron chi connectivity index (χ2n) is 6.46. The molecule has 2 N–H and O–H groups in total. The van der Waals surface area contributed by atoms with Crippen molar-refractivity contribution in [3.05, 3.63) is 53.1 Å². The van der Waals surface area contributed by atoms with Crippen LogP contribution in [-0.2, 0) is 14.8 Å². The van der Waals surface area contributed by atoms with Crippen LogP contribution in [0.3, 0.4) is 0 Å². The summed E-state index contributed by atoms with van der Waals surface area (Å²) < 4.78 is 38.2. The Balaban J connectivity index is 1.91. The van der Waals surface area contributed by atoms with Gasteiger partial charge in [0.05, 0.1) is 47.0 Å². The van der Waals surface area contributed by atoms with Crippen LogP contribution in [0.25, 0.3) is 0 Å². The van der Waals surface area contributed by atoms with E-state index in [1.54, 1.807) is 31.2 Å². The Labute approximate surface area is 162 Å². The highest BCUT2D eigenvalue weighted by atomic mass is 35.5. The summed E-state index contributed by atoms with van der Waals surface area (Å²) in [6.07, 6.45) is 0. The molecule has 0 aliphatic carbocycles. The van der Waals surface area contributed by atoms with Crippen LogP contribution in [-0.4, -0.2) is 40.2 Å². The Morgan fingerprint density at radius 3 is 2.52 bits per heavy atom. The molecule has 0 saturated carbocycles. The number of hydrogen-bond donors (Lipinski definition) is 2. The minimum atomic E-state index is -3.83. The number of sulfonamides is 1. The Morgan fingerprint density at radius 1 is 1.22 bits per heavy atom. The summed E-state index contributed by atoms with van der Waals surface area (Å²) in [6.45, 7) is 2.34. The average Bonchev–Trinajstić information content (AvgIpc) is 2.61. The quantitative estimate of drug-likeness (QED) is 0.763. The minimum Gasteiger partial charge on any atom is -0.496 e. The van der Waals surface area contributed by atoms with E-state index in [2.05, 4.69) is 10.0 Å². The average molecular weight is 411 g/mol. The van der Waals surface area contributed by atoms with E-state index in [4.69, 9.17) is 21.1 Å². The first kappa shape index (κ1) is 19.6. The van der Waals surface area contributed by atoms with Gasteiger partial charge in [-0.1, -0.05) is 23.7 Å². The SMILES string of the molecule is COc1ccc(S(=O)(=O)NC2(C)COC2)cc1C(=O)Nc1ccccc1Cl. The number of hydrogen-bond acceptors (Lipinski definition) is 5. The second-order valence-corrected chi connectivity index (χ2v) is 8.54. The van der Waals surface area contributed by atoms with Crippen molar-refractivity contribution in [2.24, 2.45) is 0 Å². The number of anilines is 1. The zero-order chi connectivity index (χ0) is 19.7. The number of nitrogens with one attached hydrogen (secondary N) is 2. The van der Waals surface area contributed by atoms with Gasteiger partial charge in [0.15, 0.2) is 0 Å². The second kappa shape index (κ2) is 7.47. The Bertz CT molecular complexity index is 973. The standard InChI is InChI=1S/C18H19ClN2O5S/c1-18(10-26-11-18)21-27(23,24)12-7-8-16(25-2)13(9-12)17(22)20-15-6-4-3-5-14(15)19/h3-9,21H,10-11H2,1-2H3,(H,20,22). The molecule has 0 unspecified atom stereocenters. The number of carbonyl (C=O) groups excluding carboxylic acids is 1. The molecule has 7 nitrogen and oxygen atoms in total. The van der Waals surface area contributed by atoms with Gasteiger partial charge in [-0.2, -0.15) is 0 Å². The van der Waals surface area contributed by atoms with Gasteiger partial charge in [-0.3, -0.25) is 4.79 Å². The molecule has 1 aliphatic heterocycles. The zero-order valence-electron chi connectivity index (χ0n) is 14.8. The van der Waals surface area contributed by atoms with Crippen molar-refractivity contribution in [3.8, 4) is 5.75 Å². The number of carbonyl (C=O) groups is 1. The molecular weight excluding hydrogens is 392 g/mol. The molecule has 27 heavy (non-hydrogen) atoms. The third-order valence-corrected chi connectivity index (χ3v) is 6.04. The fourth-order valence-electron chi connectivity index (χ4n) is 2.63. The molecule has 1 amide bonds. The van der Waals surface area contributed by atoms with E-state index >= 15 is 0 Å². The molecule has 0 aromatic heterocycles. The summed E-state index contributed by atoms with van der Waals surface area (Å²) in [6, 6.07) is 10.8. The molecule has 2 aromatic rings. The third kappa shape index (κ3) is 4.24. The number of amides is 1. The molecule has 1 aliphatic rings. The van der Waals surface area contributed by atoms with Gasteiger partial charge in [0.1, 0.15) is 5.75 Å². The van der Waals surface area contributed by atoms with Gasteiger partial charge in [-0.15, -0.1) is 0 Å². The summed E-state index contributed by atoms with van der Waals surface area (Å²) in [5.41, 5.74) is -0.161. The predicted octanol–water partition coefficient (Wildman–Crippen LogP) is 2.67. The van der Waals surface area contributed by atoms with Crippen LogP contribution in [0.2, 0.25) is 5.02 Å². The summed E-state index contributed by atoms with van der Waals surface area (Å²) in [5.74, 6) is -0.285. The summed E-state index contributed by atoms with van der Waals surface area (Å²) >= 11 is 6.06. The summed E-state index contributed by atoms with van der Waals surface area (Å²) in [5, 5.41) is 3.03. The van der Waals surface area contributed by atoms with Crippen molar-refractivity contribution in [1.82, 2.24) is 4.72 Å². The lowest BCUT2D eigenvalue weighted by molar-refractivity contribution is -0.0523. The molecule has 0 bridgehead atoms. The van der Waals surface area contributed by atoms with Gasteiger partial charge < -0.3 is 14.8 Å². The largest absolute Gasteiger partial charge is 0.496 e. The molecular formula is C18H19ClN2O5S. The molecule has 0 radical (unpaired) electrons. The van der Waals surface area contributed by atoms with Gasteiger partial charge >= 0.3 is 0 Å². The van der Waals surface area contributed by atoms with Crippen LogP contribution in [0, 0.1) is 0 Å². The number of benzene rings is 2. The molecule has 0 atom stereocenters. The van der Waals surface area contributed by atoms with Crippen LogP contribution in [0.1, 0.15) is 17.3 Å². The molecule has 2 aromatic carbocycles. The fraction of sp³-hybridized carbons (Fsp3) is 0.278. The highest BCUT2D eigenvalue weighted by molar-refractivity contribution is 7.89. The zero-order valence-corrected chi connectivity index (χ0v) is 16.4. The third-order valence-electron chi connectivity index (χ3n) is 4.07. The molecule has 1 saturated heterocycles. The van der Waals surface area contributed by atoms with Gasteiger partial charge in [0.25, 0.3) is 5.91 Å². The highest BCUT2D eigenvalue weighted by Gasteiger charge is 2.38. The fourth-order valence-corrected chi connectivity index (χ4v) is 4.22. The lowest BCUT2D eigenvalue weighted by Gasteiger charge is -2.38. The van der Waals surface area contributed by atoms with Crippen molar-refractivity contribution >= 4 is 33.2 Å². The van der Waals surface area contributed by atoms with E-state index in [-0.39, 0.29) is 16.2 Å². The Morgan fingerprint density at radius 2 is 1.93 bits per heavy atom. The van der Waals surface area contributed by atoms with Crippen LogP contribution in [0.5, 0.6) is 5.75 Å². The maximum Gasteiger partial charge on any atom is 0.259 e. The first-order valence-electron chi connectivity index (χ1n) is 8.10. The van der Waals surface area contributed by atoms with Gasteiger partial charge in [0.2, 0.25) is 10.0 Å². The summed E-state index contributed by atoms with van der Waals surface area (Å²) in [4.78, 5) is 12.7. The lowest BCUT2D eigenvalue weighted by atomic mass is 10.0. The van der Waals surface area contributed by atoms with E-state index < -0.39 is 21.5 Å². The van der Waals surface area contributed by atoms with Crippen LogP contribution in [0.15, 0.2) is 47.4 Å². The van der Waals surface area contributed by atoms with Crippen molar-refractivity contribution in [1.29, 1.82) is 0 Å². The van der Waals surface area contributed by atoms with E-state index in [1.807, 2.05) is 0 Å². The van der Waals surface area contributed by atoms with Crippen molar-refractivity contribution in [2.75, 3.05) is 25.6 Å². The van der Waals surface area contributed by atoms with Crippen molar-refractivity contribution < 1.29 is 22.7 Å². The minimum absolute atomic E-state index is 0.0410. The van der Waals surface area contributed by atoms with Crippen LogP contribution in [0.4, 0.5) is 5.69 Å². The topological polar surface area (TPSA) is 93.7 Å². The van der Waals surface area contributed by atoms with Gasteiger partial charge in [-0.25, -0.2) is 13.1 Å². The van der Waals surface area contributed by atoms with E-state index in [0.717, 1.165) is 0 Å². The Kier molecular flexibility index (Phi) is 5.43. The molecule has 1 heterocycles. The van der Waals surface area contributed by atoms with Crippen LogP contribution >= 0.6 is 11.6 Å². The number of rotatable bonds is 6. The van der Waals surface area contributed by atoms with Crippen LogP contribution < -0.4 is 14.8 Å². The lowest BCUT2D eigenvalue weighted by Crippen LogP contribution is -2.59. The van der Waals surface area contributed by atoms with Crippen molar-refractivity contribution in [2.45, 2.75) is 17.4 Å². The van der Waals surface area contributed by atoms with Gasteiger partial charge in [-0.05, 0) is 37.3 Å². The number of para-hydroxylation sites is 1. The molecule has 144 valence electrons. The monoisotopic (exact) mass is 410 g/mol. The van der Waals surface area contributed by atoms with Gasteiger partial charge in [0, 0.05) is 0 Å². The number of halogens is 1. The highest BCUT2D eigenvalue weighted by Crippen LogP contribution is 2.27. The number of ether oxygens (including phenoxy) is 2. The van der Waals surface area contributed by atoms with E-state index in [0.29, 0.717) is 23.9 Å². The van der Waals surface area contributed by atoms with E-state index in [9.17, 15) is 13.2 Å².